The highest BCUT2D eigenvalue weighted by molar-refractivity contribution is 9.10. The third-order valence-corrected chi connectivity index (χ3v) is 5.18. The van der Waals surface area contributed by atoms with E-state index in [-0.39, 0.29) is 6.04 Å². The maximum absolute atomic E-state index is 6.34. The predicted molar refractivity (Wildman–Crippen MR) is 90.1 cm³/mol. The van der Waals surface area contributed by atoms with Crippen LogP contribution >= 0.6 is 43.5 Å². The van der Waals surface area contributed by atoms with Gasteiger partial charge in [0.25, 0.3) is 0 Å². The van der Waals surface area contributed by atoms with E-state index in [1.807, 2.05) is 29.8 Å². The SMILES string of the molecule is CCn1nc(C)c(Br)c1CC(N)c1ccc(Cl)cc1Br. The highest BCUT2D eigenvalue weighted by atomic mass is 79.9. The van der Waals surface area contributed by atoms with Crippen molar-refractivity contribution in [1.29, 1.82) is 0 Å². The van der Waals surface area contributed by atoms with E-state index in [2.05, 4.69) is 43.9 Å². The number of benzene rings is 1. The molecule has 1 aromatic carbocycles. The fraction of sp³-hybridized carbons (Fsp3) is 0.357. The molecular weight excluding hydrogens is 405 g/mol. The van der Waals surface area contributed by atoms with Crippen LogP contribution in [0.4, 0.5) is 0 Å². The monoisotopic (exact) mass is 419 g/mol. The molecule has 0 spiro atoms. The highest BCUT2D eigenvalue weighted by Gasteiger charge is 2.18. The quantitative estimate of drug-likeness (QED) is 0.782. The lowest BCUT2D eigenvalue weighted by molar-refractivity contribution is 0.585. The average Bonchev–Trinajstić information content (AvgIpc) is 2.66. The molecule has 2 rings (SSSR count). The molecule has 1 aromatic heterocycles. The third-order valence-electron chi connectivity index (χ3n) is 3.23. The van der Waals surface area contributed by atoms with Crippen molar-refractivity contribution in [3.8, 4) is 0 Å². The Labute approximate surface area is 140 Å². The zero-order chi connectivity index (χ0) is 14.9. The molecule has 0 saturated carbocycles. The van der Waals surface area contributed by atoms with Crippen molar-refractivity contribution in [1.82, 2.24) is 9.78 Å². The summed E-state index contributed by atoms with van der Waals surface area (Å²) >= 11 is 13.1. The Morgan fingerprint density at radius 3 is 2.70 bits per heavy atom. The summed E-state index contributed by atoms with van der Waals surface area (Å²) < 4.78 is 3.97. The Morgan fingerprint density at radius 2 is 2.10 bits per heavy atom. The number of nitrogens with zero attached hydrogens (tertiary/aromatic N) is 2. The molecule has 0 saturated heterocycles. The number of hydrogen-bond acceptors (Lipinski definition) is 2. The van der Waals surface area contributed by atoms with Gasteiger partial charge in [-0.05, 0) is 47.5 Å². The van der Waals surface area contributed by atoms with Gasteiger partial charge in [-0.15, -0.1) is 0 Å². The standard InChI is InChI=1S/C14H16Br2ClN3/c1-3-20-13(14(16)8(2)19-20)7-12(18)10-5-4-9(17)6-11(10)15/h4-6,12H,3,7,18H2,1-2H3. The Bertz CT molecular complexity index is 625. The van der Waals surface area contributed by atoms with Gasteiger partial charge in [0.2, 0.25) is 0 Å². The molecule has 1 atom stereocenters. The fourth-order valence-corrected chi connectivity index (χ4v) is 3.61. The Hall–Kier alpha value is -0.360. The number of aryl methyl sites for hydroxylation is 2. The first-order valence-corrected chi connectivity index (χ1v) is 8.32. The molecule has 0 aliphatic carbocycles. The Balaban J connectivity index is 2.30. The van der Waals surface area contributed by atoms with Crippen LogP contribution in [-0.2, 0) is 13.0 Å². The molecule has 0 aliphatic rings. The Kier molecular flexibility index (Phi) is 5.29. The van der Waals surface area contributed by atoms with Gasteiger partial charge in [-0.3, -0.25) is 4.68 Å². The molecule has 6 heteroatoms. The van der Waals surface area contributed by atoms with Gasteiger partial charge in [-0.25, -0.2) is 0 Å². The molecule has 1 unspecified atom stereocenters. The van der Waals surface area contributed by atoms with E-state index >= 15 is 0 Å². The van der Waals surface area contributed by atoms with E-state index in [1.165, 1.54) is 0 Å². The molecule has 108 valence electrons. The van der Waals surface area contributed by atoms with Gasteiger partial charge in [0.15, 0.2) is 0 Å². The van der Waals surface area contributed by atoms with Crippen LogP contribution in [0.15, 0.2) is 27.1 Å². The molecule has 0 aliphatic heterocycles. The predicted octanol–water partition coefficient (Wildman–Crippen LogP) is 4.63. The summed E-state index contributed by atoms with van der Waals surface area (Å²) in [6.45, 7) is 4.89. The molecule has 3 nitrogen and oxygen atoms in total. The van der Waals surface area contributed by atoms with E-state index in [0.717, 1.165) is 38.9 Å². The second-order valence-corrected chi connectivity index (χ2v) is 6.72. The molecular formula is C14H16Br2ClN3. The maximum Gasteiger partial charge on any atom is 0.0738 e. The van der Waals surface area contributed by atoms with Crippen LogP contribution in [0.25, 0.3) is 0 Å². The summed E-state index contributed by atoms with van der Waals surface area (Å²) in [6.07, 6.45) is 0.718. The summed E-state index contributed by atoms with van der Waals surface area (Å²) in [5.41, 5.74) is 9.50. The number of halogens is 3. The van der Waals surface area contributed by atoms with Gasteiger partial charge in [0, 0.05) is 28.5 Å². The normalized spacial score (nSPS) is 12.7. The van der Waals surface area contributed by atoms with Crippen LogP contribution in [0.1, 0.15) is 29.9 Å². The summed E-state index contributed by atoms with van der Waals surface area (Å²) in [5, 5.41) is 5.19. The zero-order valence-corrected chi connectivity index (χ0v) is 15.3. The van der Waals surface area contributed by atoms with E-state index in [9.17, 15) is 0 Å². The molecule has 20 heavy (non-hydrogen) atoms. The largest absolute Gasteiger partial charge is 0.324 e. The van der Waals surface area contributed by atoms with Crippen LogP contribution in [-0.4, -0.2) is 9.78 Å². The van der Waals surface area contributed by atoms with Crippen LogP contribution in [0.5, 0.6) is 0 Å². The van der Waals surface area contributed by atoms with Gasteiger partial charge >= 0.3 is 0 Å². The van der Waals surface area contributed by atoms with Gasteiger partial charge in [0.05, 0.1) is 15.9 Å². The summed E-state index contributed by atoms with van der Waals surface area (Å²) in [7, 11) is 0. The molecule has 0 bridgehead atoms. The minimum Gasteiger partial charge on any atom is -0.324 e. The van der Waals surface area contributed by atoms with Gasteiger partial charge < -0.3 is 5.73 Å². The van der Waals surface area contributed by atoms with Crippen LogP contribution in [0.2, 0.25) is 5.02 Å². The summed E-state index contributed by atoms with van der Waals surface area (Å²) in [6, 6.07) is 5.58. The van der Waals surface area contributed by atoms with Crippen molar-refractivity contribution in [2.45, 2.75) is 32.9 Å². The molecule has 0 radical (unpaired) electrons. The lowest BCUT2D eigenvalue weighted by Gasteiger charge is -2.15. The van der Waals surface area contributed by atoms with Crippen LogP contribution in [0.3, 0.4) is 0 Å². The Morgan fingerprint density at radius 1 is 1.40 bits per heavy atom. The summed E-state index contributed by atoms with van der Waals surface area (Å²) in [4.78, 5) is 0. The lowest BCUT2D eigenvalue weighted by atomic mass is 10.0. The van der Waals surface area contributed by atoms with Crippen molar-refractivity contribution >= 4 is 43.5 Å². The van der Waals surface area contributed by atoms with Crippen LogP contribution < -0.4 is 5.73 Å². The van der Waals surface area contributed by atoms with Crippen molar-refractivity contribution in [2.24, 2.45) is 5.73 Å². The zero-order valence-electron chi connectivity index (χ0n) is 11.3. The van der Waals surface area contributed by atoms with Gasteiger partial charge in [0.1, 0.15) is 0 Å². The molecule has 2 N–H and O–H groups in total. The number of rotatable bonds is 4. The van der Waals surface area contributed by atoms with Gasteiger partial charge in [-0.2, -0.15) is 5.10 Å². The number of nitrogens with two attached hydrogens (primary N) is 1. The van der Waals surface area contributed by atoms with Crippen LogP contribution in [0, 0.1) is 6.92 Å². The third kappa shape index (κ3) is 3.27. The average molecular weight is 422 g/mol. The first-order valence-electron chi connectivity index (χ1n) is 6.36. The van der Waals surface area contributed by atoms with Gasteiger partial charge in [-0.1, -0.05) is 33.6 Å². The maximum atomic E-state index is 6.34. The highest BCUT2D eigenvalue weighted by Crippen LogP contribution is 2.30. The topological polar surface area (TPSA) is 43.8 Å². The first kappa shape index (κ1) is 16.0. The smallest absolute Gasteiger partial charge is 0.0738 e. The second kappa shape index (κ2) is 6.60. The van der Waals surface area contributed by atoms with E-state index < -0.39 is 0 Å². The van der Waals surface area contributed by atoms with Crippen molar-refractivity contribution in [3.05, 3.63) is 49.1 Å². The number of hydrogen-bond donors (Lipinski definition) is 1. The number of aromatic nitrogens is 2. The van der Waals surface area contributed by atoms with E-state index in [4.69, 9.17) is 17.3 Å². The van der Waals surface area contributed by atoms with E-state index in [0.29, 0.717) is 5.02 Å². The first-order chi connectivity index (χ1) is 9.43. The lowest BCUT2D eigenvalue weighted by Crippen LogP contribution is -2.17. The fourth-order valence-electron chi connectivity index (χ4n) is 2.18. The second-order valence-electron chi connectivity index (χ2n) is 4.64. The molecule has 1 heterocycles. The molecule has 0 fully saturated rings. The van der Waals surface area contributed by atoms with E-state index in [1.54, 1.807) is 0 Å². The van der Waals surface area contributed by atoms with Crippen molar-refractivity contribution in [3.63, 3.8) is 0 Å². The summed E-state index contributed by atoms with van der Waals surface area (Å²) in [5.74, 6) is 0. The van der Waals surface area contributed by atoms with Crippen molar-refractivity contribution < 1.29 is 0 Å². The molecule has 0 amide bonds. The molecule has 2 aromatic rings. The minimum atomic E-state index is -0.112. The van der Waals surface area contributed by atoms with Crippen molar-refractivity contribution in [2.75, 3.05) is 0 Å². The minimum absolute atomic E-state index is 0.112.